The van der Waals surface area contributed by atoms with Gasteiger partial charge in [0, 0.05) is 0 Å². The van der Waals surface area contributed by atoms with Gasteiger partial charge in [0.25, 0.3) is 0 Å². The van der Waals surface area contributed by atoms with Gasteiger partial charge in [-0.1, -0.05) is 23.4 Å². The second-order valence-corrected chi connectivity index (χ2v) is 3.14. The number of hydrogen-bond acceptors (Lipinski definition) is 5. The molecule has 1 rings (SSSR count). The van der Waals surface area contributed by atoms with Gasteiger partial charge in [-0.15, -0.1) is 0 Å². The Hall–Kier alpha value is -0.295. The Balaban J connectivity index is 3.06. The van der Waals surface area contributed by atoms with E-state index in [9.17, 15) is 0 Å². The Morgan fingerprint density at radius 1 is 1.50 bits per heavy atom. The molecule has 0 atom stereocenters. The molecule has 0 unspecified atom stereocenters. The smallest absolute Gasteiger partial charge is 0.422 e. The molecule has 0 saturated carbocycles. The summed E-state index contributed by atoms with van der Waals surface area (Å²) in [5.41, 5.74) is 0.111. The first-order valence-corrected chi connectivity index (χ1v) is 4.68. The monoisotopic (exact) mass is 204 g/mol. The number of rotatable bonds is 2. The van der Waals surface area contributed by atoms with Crippen LogP contribution in [-0.4, -0.2) is 33.4 Å². The lowest BCUT2D eigenvalue weighted by molar-refractivity contribution is 0.423. The van der Waals surface area contributed by atoms with Gasteiger partial charge in [0.1, 0.15) is 5.15 Å². The summed E-state index contributed by atoms with van der Waals surface area (Å²) in [4.78, 5) is 7.65. The summed E-state index contributed by atoms with van der Waals surface area (Å²) in [6.45, 7) is 0. The molecule has 2 N–H and O–H groups in total. The highest BCUT2D eigenvalue weighted by molar-refractivity contribution is 7.98. The van der Waals surface area contributed by atoms with Crippen LogP contribution in [0.15, 0.2) is 11.2 Å². The molecule has 0 aromatic carbocycles. The van der Waals surface area contributed by atoms with E-state index in [-0.39, 0.29) is 10.7 Å². The minimum absolute atomic E-state index is 0.111. The number of hydrogen-bond donors (Lipinski definition) is 2. The second kappa shape index (κ2) is 4.09. The van der Waals surface area contributed by atoms with Crippen LogP contribution >= 0.6 is 23.4 Å². The maximum absolute atomic E-state index is 8.77. The number of thioether (sulfide) groups is 1. The van der Waals surface area contributed by atoms with E-state index in [0.29, 0.717) is 5.16 Å². The van der Waals surface area contributed by atoms with Crippen LogP contribution in [0, 0.1) is 0 Å². The minimum atomic E-state index is -1.60. The van der Waals surface area contributed by atoms with Crippen LogP contribution < -0.4 is 5.59 Å². The molecule has 0 fully saturated rings. The molecule has 64 valence electrons. The van der Waals surface area contributed by atoms with E-state index in [0.717, 1.165) is 0 Å². The fourth-order valence-electron chi connectivity index (χ4n) is 0.637. The van der Waals surface area contributed by atoms with Gasteiger partial charge < -0.3 is 10.0 Å². The first-order valence-electron chi connectivity index (χ1n) is 3.08. The van der Waals surface area contributed by atoms with E-state index in [4.69, 9.17) is 21.6 Å². The molecule has 0 aliphatic heterocycles. The zero-order valence-electron chi connectivity index (χ0n) is 6.23. The fraction of sp³-hybridized carbons (Fsp3) is 0.200. The summed E-state index contributed by atoms with van der Waals surface area (Å²) < 4.78 is 0. The van der Waals surface area contributed by atoms with Crippen LogP contribution in [0.25, 0.3) is 0 Å². The maximum Gasteiger partial charge on any atom is 0.508 e. The summed E-state index contributed by atoms with van der Waals surface area (Å²) in [5.74, 6) is 0. The SMILES string of the molecule is CSc1nc(Cl)cc(B(O)O)n1. The van der Waals surface area contributed by atoms with Gasteiger partial charge in [-0.2, -0.15) is 0 Å². The summed E-state index contributed by atoms with van der Waals surface area (Å²) in [6.07, 6.45) is 1.78. The summed E-state index contributed by atoms with van der Waals surface area (Å²) in [6, 6.07) is 1.31. The Labute approximate surface area is 79.1 Å². The van der Waals surface area contributed by atoms with Gasteiger partial charge in [0.2, 0.25) is 0 Å². The van der Waals surface area contributed by atoms with E-state index in [1.165, 1.54) is 17.8 Å². The molecule has 1 aromatic heterocycles. The molecule has 0 spiro atoms. The van der Waals surface area contributed by atoms with Crippen molar-refractivity contribution in [2.75, 3.05) is 6.26 Å². The lowest BCUT2D eigenvalue weighted by Gasteiger charge is -2.00. The quantitative estimate of drug-likeness (QED) is 0.295. The molecule has 12 heavy (non-hydrogen) atoms. The molecule has 0 radical (unpaired) electrons. The summed E-state index contributed by atoms with van der Waals surface area (Å²) >= 11 is 6.87. The molecular formula is C5H6BClN2O2S. The topological polar surface area (TPSA) is 66.2 Å². The Kier molecular flexibility index (Phi) is 3.34. The van der Waals surface area contributed by atoms with Crippen LogP contribution in [0.4, 0.5) is 0 Å². The van der Waals surface area contributed by atoms with Crippen molar-refractivity contribution in [3.05, 3.63) is 11.2 Å². The van der Waals surface area contributed by atoms with E-state index >= 15 is 0 Å². The van der Waals surface area contributed by atoms with E-state index in [2.05, 4.69) is 9.97 Å². The van der Waals surface area contributed by atoms with Crippen LogP contribution in [0.5, 0.6) is 0 Å². The second-order valence-electron chi connectivity index (χ2n) is 1.98. The molecule has 0 saturated heterocycles. The van der Waals surface area contributed by atoms with Gasteiger partial charge in [-0.05, 0) is 12.3 Å². The van der Waals surface area contributed by atoms with Gasteiger partial charge in [0.15, 0.2) is 5.16 Å². The molecular weight excluding hydrogens is 198 g/mol. The third-order valence-electron chi connectivity index (χ3n) is 1.14. The highest BCUT2D eigenvalue weighted by atomic mass is 35.5. The van der Waals surface area contributed by atoms with Gasteiger partial charge in [-0.25, -0.2) is 9.97 Å². The molecule has 0 aliphatic rings. The highest BCUT2D eigenvalue weighted by Crippen LogP contribution is 2.09. The molecule has 0 aliphatic carbocycles. The number of aromatic nitrogens is 2. The summed E-state index contributed by atoms with van der Waals surface area (Å²) in [5, 5.41) is 18.2. The predicted octanol–water partition coefficient (Wildman–Crippen LogP) is -0.468. The van der Waals surface area contributed by atoms with Crippen molar-refractivity contribution in [3.63, 3.8) is 0 Å². The van der Waals surface area contributed by atoms with Crippen molar-refractivity contribution >= 4 is 36.1 Å². The standard InChI is InChI=1S/C5H6BClN2O2S/c1-12-5-8-3(6(10)11)2-4(7)9-5/h2,10-11H,1H3. The molecule has 4 nitrogen and oxygen atoms in total. The van der Waals surface area contributed by atoms with Gasteiger partial charge in [0.05, 0.1) is 5.59 Å². The van der Waals surface area contributed by atoms with Crippen LogP contribution in [0.3, 0.4) is 0 Å². The van der Waals surface area contributed by atoms with E-state index in [1.54, 1.807) is 6.26 Å². The van der Waals surface area contributed by atoms with E-state index in [1.807, 2.05) is 0 Å². The van der Waals surface area contributed by atoms with E-state index < -0.39 is 7.12 Å². The van der Waals surface area contributed by atoms with Crippen molar-refractivity contribution < 1.29 is 10.0 Å². The molecule has 1 aromatic rings. The van der Waals surface area contributed by atoms with Crippen molar-refractivity contribution in [3.8, 4) is 0 Å². The lowest BCUT2D eigenvalue weighted by atomic mass is 9.86. The third kappa shape index (κ3) is 2.35. The Morgan fingerprint density at radius 3 is 2.67 bits per heavy atom. The lowest BCUT2D eigenvalue weighted by Crippen LogP contribution is -2.33. The molecule has 1 heterocycles. The van der Waals surface area contributed by atoms with Crippen molar-refractivity contribution in [2.45, 2.75) is 5.16 Å². The average Bonchev–Trinajstić information content (AvgIpc) is 2.03. The predicted molar refractivity (Wildman–Crippen MR) is 48.6 cm³/mol. The van der Waals surface area contributed by atoms with Crippen LogP contribution in [-0.2, 0) is 0 Å². The number of nitrogens with zero attached hydrogens (tertiary/aromatic N) is 2. The first kappa shape index (κ1) is 9.79. The third-order valence-corrected chi connectivity index (χ3v) is 1.88. The van der Waals surface area contributed by atoms with Gasteiger partial charge >= 0.3 is 7.12 Å². The molecule has 7 heteroatoms. The average molecular weight is 204 g/mol. The first-order chi connectivity index (χ1) is 5.63. The normalized spacial score (nSPS) is 10.0. The number of halogens is 1. The van der Waals surface area contributed by atoms with Crippen molar-refractivity contribution in [2.24, 2.45) is 0 Å². The van der Waals surface area contributed by atoms with Crippen LogP contribution in [0.2, 0.25) is 5.15 Å². The Bertz CT molecular complexity index is 286. The highest BCUT2D eigenvalue weighted by Gasteiger charge is 2.14. The molecule has 0 bridgehead atoms. The largest absolute Gasteiger partial charge is 0.508 e. The maximum atomic E-state index is 8.77. The van der Waals surface area contributed by atoms with Gasteiger partial charge in [-0.3, -0.25) is 0 Å². The van der Waals surface area contributed by atoms with Crippen LogP contribution in [0.1, 0.15) is 0 Å². The fourth-order valence-corrected chi connectivity index (χ4v) is 1.27. The summed E-state index contributed by atoms with van der Waals surface area (Å²) in [7, 11) is -1.60. The van der Waals surface area contributed by atoms with Crippen molar-refractivity contribution in [1.82, 2.24) is 9.97 Å². The van der Waals surface area contributed by atoms with Crippen molar-refractivity contribution in [1.29, 1.82) is 0 Å². The Morgan fingerprint density at radius 2 is 2.17 bits per heavy atom. The zero-order valence-corrected chi connectivity index (χ0v) is 7.80. The molecule has 0 amide bonds. The minimum Gasteiger partial charge on any atom is -0.422 e. The zero-order chi connectivity index (χ0) is 9.14.